The lowest BCUT2D eigenvalue weighted by Gasteiger charge is -2.25. The first-order valence-electron chi connectivity index (χ1n) is 9.80. The number of rotatable bonds is 5. The molecule has 0 fully saturated rings. The number of fused-ring (bicyclic) bond motifs is 1. The second-order valence-electron chi connectivity index (χ2n) is 7.10. The van der Waals surface area contributed by atoms with Crippen LogP contribution in [0, 0.1) is 18.3 Å². The van der Waals surface area contributed by atoms with Crippen LogP contribution in [0.2, 0.25) is 0 Å². The van der Waals surface area contributed by atoms with E-state index < -0.39 is 11.9 Å². The summed E-state index contributed by atoms with van der Waals surface area (Å²) >= 11 is 0. The number of allylic oxidation sites excluding steroid dienone is 1. The van der Waals surface area contributed by atoms with Crippen LogP contribution in [0.4, 0.5) is 0 Å². The molecule has 0 spiro atoms. The number of nitriles is 1. The van der Waals surface area contributed by atoms with E-state index in [9.17, 15) is 10.1 Å². The van der Waals surface area contributed by atoms with Gasteiger partial charge >= 0.3 is 5.97 Å². The molecule has 7 heteroatoms. The van der Waals surface area contributed by atoms with E-state index in [2.05, 4.69) is 6.07 Å². The maximum absolute atomic E-state index is 12.3. The number of esters is 1. The van der Waals surface area contributed by atoms with Gasteiger partial charge in [0.25, 0.3) is 0 Å². The number of carbonyl (C=O) groups is 1. The average molecular weight is 428 g/mol. The molecule has 0 saturated heterocycles. The van der Waals surface area contributed by atoms with Crippen molar-refractivity contribution in [1.82, 2.24) is 0 Å². The van der Waals surface area contributed by atoms with Crippen LogP contribution >= 0.6 is 0 Å². The number of ether oxygens (including phenoxy) is 3. The summed E-state index contributed by atoms with van der Waals surface area (Å²) in [6, 6.07) is 17.9. The first kappa shape index (κ1) is 20.8. The van der Waals surface area contributed by atoms with Crippen molar-refractivity contribution in [2.45, 2.75) is 12.8 Å². The highest BCUT2D eigenvalue weighted by molar-refractivity contribution is 5.88. The van der Waals surface area contributed by atoms with Crippen LogP contribution in [0.3, 0.4) is 0 Å². The number of carbonyl (C=O) groups excluding carboxylic acids is 1. The van der Waals surface area contributed by atoms with Crippen LogP contribution in [0.15, 0.2) is 76.5 Å². The van der Waals surface area contributed by atoms with E-state index in [1.807, 2.05) is 25.1 Å². The Balaban J connectivity index is 1.55. The number of hydrogen-bond donors (Lipinski definition) is 1. The van der Waals surface area contributed by atoms with Crippen molar-refractivity contribution in [2.75, 3.05) is 7.11 Å². The molecule has 3 aromatic rings. The predicted octanol–water partition coefficient (Wildman–Crippen LogP) is 4.43. The minimum absolute atomic E-state index is 0.0121. The summed E-state index contributed by atoms with van der Waals surface area (Å²) in [5.74, 6) is 1.65. The highest BCUT2D eigenvalue weighted by Gasteiger charge is 2.33. The third-order valence-corrected chi connectivity index (χ3v) is 4.98. The zero-order valence-electron chi connectivity index (χ0n) is 17.5. The monoisotopic (exact) mass is 428 g/mol. The van der Waals surface area contributed by atoms with Gasteiger partial charge in [-0.15, -0.1) is 0 Å². The fourth-order valence-corrected chi connectivity index (χ4v) is 3.43. The SMILES string of the molecule is COc1ccc(/C=C/C(=O)Oc2ccc3c(c2)OC(N)=C(C#N)C3c2ccc(C)o2)cc1. The van der Waals surface area contributed by atoms with Crippen molar-refractivity contribution in [3.8, 4) is 23.3 Å². The third kappa shape index (κ3) is 4.20. The molecule has 2 N–H and O–H groups in total. The van der Waals surface area contributed by atoms with Gasteiger partial charge in [0.2, 0.25) is 5.88 Å². The first-order valence-corrected chi connectivity index (χ1v) is 9.80. The van der Waals surface area contributed by atoms with Gasteiger partial charge < -0.3 is 24.4 Å². The van der Waals surface area contributed by atoms with Gasteiger partial charge in [-0.1, -0.05) is 18.2 Å². The highest BCUT2D eigenvalue weighted by atomic mass is 16.5. The molecule has 1 unspecified atom stereocenters. The Morgan fingerprint density at radius 3 is 2.53 bits per heavy atom. The molecule has 1 aliphatic heterocycles. The summed E-state index contributed by atoms with van der Waals surface area (Å²) < 4.78 is 21.9. The second kappa shape index (κ2) is 8.74. The maximum Gasteiger partial charge on any atom is 0.336 e. The molecule has 160 valence electrons. The van der Waals surface area contributed by atoms with Crippen molar-refractivity contribution >= 4 is 12.0 Å². The molecule has 4 rings (SSSR count). The van der Waals surface area contributed by atoms with E-state index in [0.29, 0.717) is 17.1 Å². The van der Waals surface area contributed by atoms with Gasteiger partial charge in [-0.2, -0.15) is 5.26 Å². The van der Waals surface area contributed by atoms with Crippen LogP contribution in [-0.2, 0) is 4.79 Å². The number of aryl methyl sites for hydroxylation is 1. The molecule has 1 atom stereocenters. The minimum atomic E-state index is -0.545. The molecule has 0 bridgehead atoms. The van der Waals surface area contributed by atoms with E-state index >= 15 is 0 Å². The molecule has 0 saturated carbocycles. The largest absolute Gasteiger partial charge is 0.497 e. The van der Waals surface area contributed by atoms with Gasteiger partial charge in [-0.05, 0) is 48.9 Å². The molecule has 0 aliphatic carbocycles. The summed E-state index contributed by atoms with van der Waals surface area (Å²) in [6.07, 6.45) is 2.98. The van der Waals surface area contributed by atoms with Gasteiger partial charge in [0, 0.05) is 17.7 Å². The minimum Gasteiger partial charge on any atom is -0.497 e. The van der Waals surface area contributed by atoms with Crippen LogP contribution in [-0.4, -0.2) is 13.1 Å². The van der Waals surface area contributed by atoms with Crippen molar-refractivity contribution in [2.24, 2.45) is 5.73 Å². The molecule has 2 heterocycles. The van der Waals surface area contributed by atoms with E-state index in [0.717, 1.165) is 17.1 Å². The van der Waals surface area contributed by atoms with Gasteiger partial charge in [-0.25, -0.2) is 4.79 Å². The summed E-state index contributed by atoms with van der Waals surface area (Å²) in [4.78, 5) is 12.3. The van der Waals surface area contributed by atoms with Crippen LogP contribution < -0.4 is 19.9 Å². The maximum atomic E-state index is 12.3. The molecule has 2 aromatic carbocycles. The van der Waals surface area contributed by atoms with Crippen molar-refractivity contribution in [1.29, 1.82) is 5.26 Å². The lowest BCUT2D eigenvalue weighted by atomic mass is 9.87. The van der Waals surface area contributed by atoms with Gasteiger partial charge in [0.1, 0.15) is 40.4 Å². The zero-order valence-corrected chi connectivity index (χ0v) is 17.5. The topological polar surface area (TPSA) is 108 Å². The van der Waals surface area contributed by atoms with Crippen LogP contribution in [0.5, 0.6) is 17.2 Å². The quantitative estimate of drug-likeness (QED) is 0.364. The molecule has 7 nitrogen and oxygen atoms in total. The van der Waals surface area contributed by atoms with E-state index in [-0.39, 0.29) is 17.2 Å². The zero-order chi connectivity index (χ0) is 22.7. The molecular formula is C25H20N2O5. The Labute approximate surface area is 184 Å². The predicted molar refractivity (Wildman–Crippen MR) is 117 cm³/mol. The van der Waals surface area contributed by atoms with Crippen LogP contribution in [0.25, 0.3) is 6.08 Å². The van der Waals surface area contributed by atoms with E-state index in [4.69, 9.17) is 24.4 Å². The van der Waals surface area contributed by atoms with Gasteiger partial charge in [-0.3, -0.25) is 0 Å². The fourth-order valence-electron chi connectivity index (χ4n) is 3.43. The molecule has 1 aliphatic rings. The fraction of sp³-hybridized carbons (Fsp3) is 0.120. The van der Waals surface area contributed by atoms with E-state index in [1.54, 1.807) is 49.6 Å². The summed E-state index contributed by atoms with van der Waals surface area (Å²) in [6.45, 7) is 1.82. The number of nitrogens with two attached hydrogens (primary N) is 1. The normalized spacial score (nSPS) is 15.1. The lowest BCUT2D eigenvalue weighted by molar-refractivity contribution is -0.128. The molecule has 1 aromatic heterocycles. The summed E-state index contributed by atoms with van der Waals surface area (Å²) in [7, 11) is 1.59. The van der Waals surface area contributed by atoms with Gasteiger partial charge in [0.05, 0.1) is 13.0 Å². The number of furan rings is 1. The number of hydrogen-bond acceptors (Lipinski definition) is 7. The van der Waals surface area contributed by atoms with Crippen molar-refractivity contribution in [3.05, 3.63) is 94.8 Å². The molecule has 0 radical (unpaired) electrons. The number of nitrogens with zero attached hydrogens (tertiary/aromatic N) is 1. The smallest absolute Gasteiger partial charge is 0.336 e. The number of methoxy groups -OCH3 is 1. The van der Waals surface area contributed by atoms with E-state index in [1.165, 1.54) is 6.08 Å². The Morgan fingerprint density at radius 2 is 1.88 bits per heavy atom. The molecule has 32 heavy (non-hydrogen) atoms. The third-order valence-electron chi connectivity index (χ3n) is 4.98. The Hall–Kier alpha value is -4.44. The summed E-state index contributed by atoms with van der Waals surface area (Å²) in [5, 5.41) is 9.59. The molecular weight excluding hydrogens is 408 g/mol. The second-order valence-corrected chi connectivity index (χ2v) is 7.10. The molecule has 0 amide bonds. The highest BCUT2D eigenvalue weighted by Crippen LogP contribution is 2.43. The average Bonchev–Trinajstić information content (AvgIpc) is 3.22. The van der Waals surface area contributed by atoms with Crippen LogP contribution in [0.1, 0.15) is 28.6 Å². The number of benzene rings is 2. The standard InChI is InChI=1S/C25H20N2O5/c1-15-3-11-21(30-15)24-19-10-9-18(13-22(19)32-25(27)20(24)14-26)31-23(28)12-6-16-4-7-17(29-2)8-5-16/h3-13,24H,27H2,1-2H3/b12-6+. The Kier molecular flexibility index (Phi) is 5.69. The lowest BCUT2D eigenvalue weighted by Crippen LogP contribution is -2.21. The van der Waals surface area contributed by atoms with Gasteiger partial charge in [0.15, 0.2) is 0 Å². The first-order chi connectivity index (χ1) is 15.5. The summed E-state index contributed by atoms with van der Waals surface area (Å²) in [5.41, 5.74) is 7.77. The Morgan fingerprint density at radius 1 is 1.12 bits per heavy atom. The Bertz CT molecular complexity index is 1260. The van der Waals surface area contributed by atoms with Crippen molar-refractivity contribution < 1.29 is 23.4 Å². The van der Waals surface area contributed by atoms with Crippen molar-refractivity contribution in [3.63, 3.8) is 0 Å².